The molecule has 0 saturated heterocycles. The molecule has 0 saturated carbocycles. The molecule has 0 fully saturated rings. The third kappa shape index (κ3) is 4.17. The van der Waals surface area contributed by atoms with E-state index in [1.54, 1.807) is 30.3 Å². The number of nitrogens with zero attached hydrogens (tertiary/aromatic N) is 1. The molecule has 6 nitrogen and oxygen atoms in total. The van der Waals surface area contributed by atoms with Crippen LogP contribution >= 0.6 is 0 Å². The highest BCUT2D eigenvalue weighted by Crippen LogP contribution is 2.45. The number of ether oxygens (including phenoxy) is 3. The molecule has 4 rings (SSSR count). The fourth-order valence-electron chi connectivity index (χ4n) is 4.07. The lowest BCUT2D eigenvalue weighted by Crippen LogP contribution is -2.27. The van der Waals surface area contributed by atoms with Crippen LogP contribution in [0, 0.1) is 17.1 Å². The SMILES string of the molecule is CCOc1cc([C@@H]2C(C#N)=C(N)OC3=C2C(=O)CCC3)ccc1OCc1cccc(F)c1. The van der Waals surface area contributed by atoms with Crippen LogP contribution in [-0.2, 0) is 16.1 Å². The summed E-state index contributed by atoms with van der Waals surface area (Å²) >= 11 is 0. The Morgan fingerprint density at radius 2 is 2.03 bits per heavy atom. The van der Waals surface area contributed by atoms with Crippen LogP contribution in [0.1, 0.15) is 43.2 Å². The summed E-state index contributed by atoms with van der Waals surface area (Å²) in [5.41, 5.74) is 8.09. The van der Waals surface area contributed by atoms with E-state index in [0.29, 0.717) is 59.8 Å². The van der Waals surface area contributed by atoms with Crippen molar-refractivity contribution >= 4 is 5.78 Å². The molecule has 0 aromatic heterocycles. The fourth-order valence-corrected chi connectivity index (χ4v) is 4.07. The lowest BCUT2D eigenvalue weighted by molar-refractivity contribution is -0.116. The molecule has 2 aromatic rings. The lowest BCUT2D eigenvalue weighted by Gasteiger charge is -2.31. The van der Waals surface area contributed by atoms with Crippen molar-refractivity contribution in [2.75, 3.05) is 6.61 Å². The number of carbonyl (C=O) groups is 1. The number of ketones is 1. The minimum Gasteiger partial charge on any atom is -0.490 e. The van der Waals surface area contributed by atoms with E-state index in [9.17, 15) is 14.4 Å². The first kappa shape index (κ1) is 21.4. The third-order valence-electron chi connectivity index (χ3n) is 5.49. The van der Waals surface area contributed by atoms with Gasteiger partial charge in [0.25, 0.3) is 0 Å². The predicted octanol–water partition coefficient (Wildman–Crippen LogP) is 4.62. The molecule has 1 heterocycles. The van der Waals surface area contributed by atoms with Gasteiger partial charge in [0.1, 0.15) is 29.8 Å². The van der Waals surface area contributed by atoms with E-state index in [1.807, 2.05) is 6.92 Å². The van der Waals surface area contributed by atoms with Crippen molar-refractivity contribution in [1.29, 1.82) is 5.26 Å². The van der Waals surface area contributed by atoms with Crippen molar-refractivity contribution < 1.29 is 23.4 Å². The van der Waals surface area contributed by atoms with E-state index in [4.69, 9.17) is 19.9 Å². The number of benzene rings is 2. The molecule has 32 heavy (non-hydrogen) atoms. The van der Waals surface area contributed by atoms with Gasteiger partial charge in [-0.2, -0.15) is 5.26 Å². The van der Waals surface area contributed by atoms with Gasteiger partial charge >= 0.3 is 0 Å². The van der Waals surface area contributed by atoms with Crippen molar-refractivity contribution in [1.82, 2.24) is 0 Å². The maximum absolute atomic E-state index is 13.5. The standard InChI is InChI=1S/C25H23FN2O4/c1-2-30-22-12-16(9-10-20(22)31-14-15-5-3-6-17(26)11-15)23-18(13-27)25(28)32-21-8-4-7-19(29)24(21)23/h3,5-6,9-12,23H,2,4,7-8,14,28H2,1H3/t23-/m1/s1. The van der Waals surface area contributed by atoms with Gasteiger partial charge in [0.15, 0.2) is 17.3 Å². The van der Waals surface area contributed by atoms with Gasteiger partial charge in [0.2, 0.25) is 5.88 Å². The summed E-state index contributed by atoms with van der Waals surface area (Å²) in [7, 11) is 0. The van der Waals surface area contributed by atoms with Crippen molar-refractivity contribution in [2.24, 2.45) is 5.73 Å². The summed E-state index contributed by atoms with van der Waals surface area (Å²) in [6, 6.07) is 13.6. The van der Waals surface area contributed by atoms with Gasteiger partial charge in [-0.1, -0.05) is 18.2 Å². The minimum absolute atomic E-state index is 0.0235. The first-order chi connectivity index (χ1) is 15.5. The van der Waals surface area contributed by atoms with E-state index in [0.717, 1.165) is 0 Å². The zero-order valence-corrected chi connectivity index (χ0v) is 17.7. The number of Topliss-reactive ketones (excluding diaryl/α,β-unsaturated/α-hetero) is 1. The summed E-state index contributed by atoms with van der Waals surface area (Å²) in [5.74, 6) is 0.512. The highest BCUT2D eigenvalue weighted by atomic mass is 19.1. The fraction of sp³-hybridized carbons (Fsp3) is 0.280. The second kappa shape index (κ2) is 9.15. The van der Waals surface area contributed by atoms with E-state index in [1.165, 1.54) is 12.1 Å². The van der Waals surface area contributed by atoms with Crippen molar-refractivity contribution in [3.8, 4) is 17.6 Å². The molecule has 1 aliphatic carbocycles. The molecule has 2 aliphatic rings. The summed E-state index contributed by atoms with van der Waals surface area (Å²) in [5, 5.41) is 9.74. The Bertz CT molecular complexity index is 1160. The van der Waals surface area contributed by atoms with Crippen molar-refractivity contribution in [3.05, 3.63) is 82.2 Å². The number of rotatable bonds is 6. The van der Waals surface area contributed by atoms with E-state index < -0.39 is 5.92 Å². The average Bonchev–Trinajstić information content (AvgIpc) is 2.78. The highest BCUT2D eigenvalue weighted by Gasteiger charge is 2.38. The second-order valence-electron chi connectivity index (χ2n) is 7.60. The molecule has 2 aromatic carbocycles. The number of carbonyl (C=O) groups excluding carboxylic acids is 1. The van der Waals surface area contributed by atoms with Crippen LogP contribution < -0.4 is 15.2 Å². The number of nitriles is 1. The zero-order chi connectivity index (χ0) is 22.7. The molecule has 164 valence electrons. The van der Waals surface area contributed by atoms with E-state index in [-0.39, 0.29) is 29.7 Å². The Kier molecular flexibility index (Phi) is 6.13. The molecule has 2 N–H and O–H groups in total. The Hall–Kier alpha value is -3.79. The number of hydrogen-bond donors (Lipinski definition) is 1. The molecule has 0 bridgehead atoms. The maximum Gasteiger partial charge on any atom is 0.205 e. The van der Waals surface area contributed by atoms with Crippen LogP contribution in [-0.4, -0.2) is 12.4 Å². The van der Waals surface area contributed by atoms with Crippen LogP contribution in [0.5, 0.6) is 11.5 Å². The minimum atomic E-state index is -0.618. The van der Waals surface area contributed by atoms with Gasteiger partial charge in [-0.15, -0.1) is 0 Å². The highest BCUT2D eigenvalue weighted by molar-refractivity contribution is 5.99. The molecule has 1 atom stereocenters. The Labute approximate surface area is 185 Å². The average molecular weight is 434 g/mol. The largest absolute Gasteiger partial charge is 0.490 e. The first-order valence-electron chi connectivity index (χ1n) is 10.5. The Morgan fingerprint density at radius 1 is 1.19 bits per heavy atom. The topological polar surface area (TPSA) is 94.6 Å². The number of hydrogen-bond acceptors (Lipinski definition) is 6. The summed E-state index contributed by atoms with van der Waals surface area (Å²) in [6.07, 6.45) is 1.70. The Morgan fingerprint density at radius 3 is 2.78 bits per heavy atom. The molecule has 1 aliphatic heterocycles. The maximum atomic E-state index is 13.5. The molecule has 7 heteroatoms. The van der Waals surface area contributed by atoms with Crippen molar-refractivity contribution in [2.45, 2.75) is 38.7 Å². The number of halogens is 1. The molecule has 0 spiro atoms. The number of nitrogens with two attached hydrogens (primary N) is 1. The molecule has 0 radical (unpaired) electrons. The lowest BCUT2D eigenvalue weighted by atomic mass is 9.77. The third-order valence-corrected chi connectivity index (χ3v) is 5.49. The van der Waals surface area contributed by atoms with Crippen molar-refractivity contribution in [3.63, 3.8) is 0 Å². The van der Waals surface area contributed by atoms with Crippen LogP contribution in [0.3, 0.4) is 0 Å². The van der Waals surface area contributed by atoms with Gasteiger partial charge in [-0.05, 0) is 48.7 Å². The normalized spacial score (nSPS) is 18.0. The quantitative estimate of drug-likeness (QED) is 0.713. The van der Waals surface area contributed by atoms with Crippen LogP contribution in [0.2, 0.25) is 0 Å². The summed E-state index contributed by atoms with van der Waals surface area (Å²) < 4.78 is 30.7. The first-order valence-corrected chi connectivity index (χ1v) is 10.5. The summed E-state index contributed by atoms with van der Waals surface area (Å²) in [6.45, 7) is 2.41. The van der Waals surface area contributed by atoms with E-state index in [2.05, 4.69) is 6.07 Å². The monoisotopic (exact) mass is 434 g/mol. The van der Waals surface area contributed by atoms with Gasteiger partial charge in [-0.25, -0.2) is 4.39 Å². The number of allylic oxidation sites excluding steroid dienone is 3. The van der Waals surface area contributed by atoms with Gasteiger partial charge < -0.3 is 19.9 Å². The Balaban J connectivity index is 1.70. The van der Waals surface area contributed by atoms with Crippen LogP contribution in [0.15, 0.2) is 65.3 Å². The molecular weight excluding hydrogens is 411 g/mol. The van der Waals surface area contributed by atoms with Gasteiger partial charge in [0, 0.05) is 18.4 Å². The smallest absolute Gasteiger partial charge is 0.205 e. The molecular formula is C25H23FN2O4. The molecule has 0 unspecified atom stereocenters. The predicted molar refractivity (Wildman–Crippen MR) is 115 cm³/mol. The van der Waals surface area contributed by atoms with E-state index >= 15 is 0 Å². The van der Waals surface area contributed by atoms with Gasteiger partial charge in [0.05, 0.1) is 12.5 Å². The van der Waals surface area contributed by atoms with Gasteiger partial charge in [-0.3, -0.25) is 4.79 Å². The molecule has 0 amide bonds. The second-order valence-corrected chi connectivity index (χ2v) is 7.60. The summed E-state index contributed by atoms with van der Waals surface area (Å²) in [4.78, 5) is 12.7. The van der Waals surface area contributed by atoms with Crippen LogP contribution in [0.4, 0.5) is 4.39 Å². The zero-order valence-electron chi connectivity index (χ0n) is 17.7. The van der Waals surface area contributed by atoms with Crippen LogP contribution in [0.25, 0.3) is 0 Å².